The van der Waals surface area contributed by atoms with Gasteiger partial charge in [-0.3, -0.25) is 28.8 Å². The minimum absolute atomic E-state index is 0. The van der Waals surface area contributed by atoms with Gasteiger partial charge in [0.1, 0.15) is 11.5 Å². The van der Waals surface area contributed by atoms with Crippen molar-refractivity contribution in [3.63, 3.8) is 0 Å². The molecule has 4 aliphatic rings. The molecule has 0 bridgehead atoms. The van der Waals surface area contributed by atoms with Gasteiger partial charge in [0.2, 0.25) is 17.7 Å². The van der Waals surface area contributed by atoms with E-state index in [-0.39, 0.29) is 73.8 Å². The van der Waals surface area contributed by atoms with Gasteiger partial charge in [0.05, 0.1) is 28.4 Å². The largest absolute Gasteiger partial charge is 0.429 e. The second-order valence-corrected chi connectivity index (χ2v) is 20.1. The molecule has 75 heavy (non-hydrogen) atoms. The van der Waals surface area contributed by atoms with Gasteiger partial charge in [-0.15, -0.1) is 0 Å². The average Bonchev–Trinajstić information content (AvgIpc) is 4.18. The van der Waals surface area contributed by atoms with E-state index in [0.29, 0.717) is 71.3 Å². The van der Waals surface area contributed by atoms with Crippen molar-refractivity contribution in [2.45, 2.75) is 125 Å². The smallest absolute Gasteiger partial charge is 0.298 e. The van der Waals surface area contributed by atoms with Crippen LogP contribution >= 0.6 is 0 Å². The summed E-state index contributed by atoms with van der Waals surface area (Å²) in [7, 11) is 0. The summed E-state index contributed by atoms with van der Waals surface area (Å²) in [6.07, 6.45) is 0.552. The van der Waals surface area contributed by atoms with Gasteiger partial charge in [0.15, 0.2) is 17.4 Å². The zero-order valence-electron chi connectivity index (χ0n) is 44.7. The molecule has 3 N–H and O–H groups in total. The molecule has 0 saturated heterocycles. The molecule has 4 aromatic carbocycles. The molecule has 391 valence electrons. The summed E-state index contributed by atoms with van der Waals surface area (Å²) in [5.74, 6) is 2.78. The third kappa shape index (κ3) is 11.9. The molecule has 1 radical (unpaired) electrons. The first kappa shape index (κ1) is 58.8. The number of aromatic nitrogens is 4. The van der Waals surface area contributed by atoms with Crippen LogP contribution in [0.3, 0.4) is 0 Å². The first-order chi connectivity index (χ1) is 34.8. The van der Waals surface area contributed by atoms with E-state index < -0.39 is 16.2 Å². The third-order valence-corrected chi connectivity index (χ3v) is 13.5. The van der Waals surface area contributed by atoms with Crippen LogP contribution in [0.1, 0.15) is 132 Å². The Kier molecular flexibility index (Phi) is 18.2. The summed E-state index contributed by atoms with van der Waals surface area (Å²) in [4.78, 5) is 80.2. The van der Waals surface area contributed by atoms with Crippen molar-refractivity contribution >= 4 is 58.5 Å². The predicted molar refractivity (Wildman–Crippen MR) is 279 cm³/mol. The number of hydrogen-bond acceptors (Lipinski definition) is 15. The zero-order valence-corrected chi connectivity index (χ0v) is 47.6. The van der Waals surface area contributed by atoms with Gasteiger partial charge in [-0.1, -0.05) is 45.8 Å². The third-order valence-electron chi connectivity index (χ3n) is 13.5. The molecule has 10 rings (SSSR count). The molecule has 3 amide bonds. The number of oxime groups is 1. The number of hydrogen-bond donors (Lipinski definition) is 3. The fraction of sp³-hybridized carbons (Fsp3) is 0.357. The van der Waals surface area contributed by atoms with Gasteiger partial charge in [-0.05, 0) is 147 Å². The number of Topliss-reactive ketones (excluding diaryl/α,β-unsaturated/α-hetero) is 2. The Bertz CT molecular complexity index is 3200. The van der Waals surface area contributed by atoms with Crippen molar-refractivity contribution in [1.29, 1.82) is 0 Å². The molecule has 0 saturated carbocycles. The number of ketones is 2. The van der Waals surface area contributed by atoms with Crippen LogP contribution in [0.5, 0.6) is 5.75 Å². The molecule has 0 fully saturated rings. The van der Waals surface area contributed by atoms with Crippen molar-refractivity contribution < 1.29 is 80.5 Å². The zero-order chi connectivity index (χ0) is 54.7. The minimum Gasteiger partial charge on any atom is -0.429 e. The average molecular weight is 1100 g/mol. The van der Waals surface area contributed by atoms with Crippen molar-refractivity contribution in [3.05, 3.63) is 125 Å². The Morgan fingerprint density at radius 1 is 0.733 bits per heavy atom. The van der Waals surface area contributed by atoms with Crippen LogP contribution in [0, 0.1) is 20.8 Å². The molecule has 19 heteroatoms. The quantitative estimate of drug-likeness (QED) is 0.0321. The van der Waals surface area contributed by atoms with Crippen molar-refractivity contribution in [2.75, 3.05) is 22.1 Å². The van der Waals surface area contributed by atoms with E-state index in [1.807, 2.05) is 104 Å². The second kappa shape index (κ2) is 23.2. The van der Waals surface area contributed by atoms with Crippen LogP contribution in [-0.2, 0) is 84.8 Å². The molecule has 0 spiro atoms. The summed E-state index contributed by atoms with van der Waals surface area (Å²) in [5, 5.41) is 24.7. The van der Waals surface area contributed by atoms with Crippen molar-refractivity contribution in [3.8, 4) is 28.7 Å². The molecular weight excluding hydrogens is 1030 g/mol. The van der Waals surface area contributed by atoms with E-state index in [1.165, 1.54) is 0 Å². The first-order valence-corrected chi connectivity index (χ1v) is 24.0. The Labute approximate surface area is 461 Å². The number of fused-ring (bicyclic) bond motifs is 4. The Balaban J connectivity index is 0.000000183. The first-order valence-electron chi connectivity index (χ1n) is 24.0. The Hall–Kier alpha value is -7.05. The summed E-state index contributed by atoms with van der Waals surface area (Å²) in [5.41, 5.74) is 7.99. The van der Waals surface area contributed by atoms with Gasteiger partial charge >= 0.3 is 0 Å². The fourth-order valence-corrected chi connectivity index (χ4v) is 8.99. The molecular formula is C56H63N8O10Y-. The minimum atomic E-state index is -0.570. The van der Waals surface area contributed by atoms with E-state index in [0.717, 1.165) is 44.6 Å². The number of anilines is 3. The van der Waals surface area contributed by atoms with Gasteiger partial charge < -0.3 is 41.4 Å². The molecule has 5 heterocycles. The van der Waals surface area contributed by atoms with Crippen molar-refractivity contribution in [1.82, 2.24) is 20.3 Å². The number of carbonyl (C=O) groups is 6. The molecule has 3 aliphatic heterocycles. The van der Waals surface area contributed by atoms with Crippen LogP contribution < -0.4 is 20.3 Å². The van der Waals surface area contributed by atoms with Crippen LogP contribution in [0.25, 0.3) is 22.9 Å². The molecule has 0 unspecified atom stereocenters. The van der Waals surface area contributed by atoms with E-state index in [9.17, 15) is 28.8 Å². The number of likely N-dealkylation sites (N-methyl/N-ethyl adjacent to an activating group) is 1. The summed E-state index contributed by atoms with van der Waals surface area (Å²) in [6.45, 7) is 28.4. The Morgan fingerprint density at radius 2 is 1.24 bits per heavy atom. The SMILES string of the molecule is C/C(CC(=O)c1ccc2c(c1)NC(=O)C2(C)C)=N\O.CC1(C)C(=O)Nc2cc(OC=O)ccc21.CCN1C(=O)C(C)(C)c2ccc(-c3nc(C)no3)cc21.Cc1noc(-c2ccc3c(c2)CC(=O)C3(C)C)n1.[CH2-]C.[Y]. The molecule has 6 aromatic rings. The van der Waals surface area contributed by atoms with E-state index in [1.54, 1.807) is 64.1 Å². The normalized spacial score (nSPS) is 16.2. The van der Waals surface area contributed by atoms with Crippen LogP contribution in [0.4, 0.5) is 17.1 Å². The summed E-state index contributed by atoms with van der Waals surface area (Å²) >= 11 is 0. The van der Waals surface area contributed by atoms with Gasteiger partial charge in [0.25, 0.3) is 18.3 Å². The maximum Gasteiger partial charge on any atom is 0.298 e. The van der Waals surface area contributed by atoms with Gasteiger partial charge in [0, 0.05) is 90.9 Å². The number of rotatable bonds is 8. The standard InChI is InChI=1S/C15H17N3O2.C14H16N2O3.C14H14N2O2.C11H11NO3.C2H5.Y/c1-5-18-12-8-10(13-16-9(2)17-20-13)6-7-11(12)15(3,4)14(18)19;1-8(16-19)6-12(17)9-4-5-10-11(7-9)15-13(18)14(10,2)3;1-8-15-13(18-16-8)9-4-5-11-10(6-9)7-12(17)14(11,2)3;1-11(2)8-4-3-7(15-6-13)5-9(8)12-10(11)14;1-2;/h6-8H,5H2,1-4H3;4-5,7,19H,6H2,1-3H3,(H,15,18);4-6H,7H2,1-3H3;3-6H,1-2H3,(H,12,14);1H2,2H3;/q;;;;-1;/b;16-8+;;;;. The fourth-order valence-electron chi connectivity index (χ4n) is 8.99. The van der Waals surface area contributed by atoms with E-state index in [4.69, 9.17) is 19.0 Å². The topological polar surface area (TPSA) is 249 Å². The van der Waals surface area contributed by atoms with Gasteiger partial charge in [-0.2, -0.15) is 16.9 Å². The molecule has 1 aliphatic carbocycles. The predicted octanol–water partition coefficient (Wildman–Crippen LogP) is 9.77. The van der Waals surface area contributed by atoms with E-state index >= 15 is 0 Å². The van der Waals surface area contributed by atoms with E-state index in [2.05, 4.69) is 43.0 Å². The van der Waals surface area contributed by atoms with Crippen LogP contribution in [0.15, 0.2) is 87.0 Å². The van der Waals surface area contributed by atoms with Crippen molar-refractivity contribution in [2.24, 2.45) is 5.16 Å². The molecule has 0 atom stereocenters. The number of ether oxygens (including phenoxy) is 1. The van der Waals surface area contributed by atoms with Crippen LogP contribution in [-0.4, -0.2) is 73.5 Å². The number of carbonyl (C=O) groups excluding carboxylic acids is 6. The molecule has 2 aromatic heterocycles. The van der Waals surface area contributed by atoms with Crippen LogP contribution in [0.2, 0.25) is 0 Å². The number of nitrogens with one attached hydrogen (secondary N) is 2. The maximum absolute atomic E-state index is 12.4. The summed E-state index contributed by atoms with van der Waals surface area (Å²) in [6, 6.07) is 22.1. The maximum atomic E-state index is 12.4. The number of aryl methyl sites for hydroxylation is 2. The summed E-state index contributed by atoms with van der Waals surface area (Å²) < 4.78 is 15.0. The monoisotopic (exact) mass is 1100 g/mol. The molecule has 18 nitrogen and oxygen atoms in total. The van der Waals surface area contributed by atoms with Gasteiger partial charge in [-0.25, -0.2) is 0 Å². The number of nitrogens with zero attached hydrogens (tertiary/aromatic N) is 6. The Morgan fingerprint density at radius 3 is 1.75 bits per heavy atom. The number of benzene rings is 4. The second-order valence-electron chi connectivity index (χ2n) is 20.1. The number of amides is 3.